The predicted molar refractivity (Wildman–Crippen MR) is 196 cm³/mol. The molecule has 0 fully saturated rings. The summed E-state index contributed by atoms with van der Waals surface area (Å²) in [5, 5.41) is 13.6. The molecule has 47 heavy (non-hydrogen) atoms. The van der Waals surface area contributed by atoms with Gasteiger partial charge in [-0.15, -0.1) is 0 Å². The minimum absolute atomic E-state index is 0.00867. The first-order valence-electron chi connectivity index (χ1n) is 18.9. The van der Waals surface area contributed by atoms with Crippen molar-refractivity contribution in [1.29, 1.82) is 0 Å². The van der Waals surface area contributed by atoms with Gasteiger partial charge in [-0.1, -0.05) is 121 Å². The van der Waals surface area contributed by atoms with Crippen molar-refractivity contribution in [1.82, 2.24) is 5.32 Å². The van der Waals surface area contributed by atoms with Crippen molar-refractivity contribution in [3.05, 3.63) is 36.5 Å². The van der Waals surface area contributed by atoms with Gasteiger partial charge in [0.25, 0.3) is 7.82 Å². The normalized spacial score (nSPS) is 15.1. The fourth-order valence-electron chi connectivity index (χ4n) is 4.98. The fourth-order valence-corrected chi connectivity index (χ4v) is 5.71. The van der Waals surface area contributed by atoms with E-state index in [-0.39, 0.29) is 12.5 Å². The Hall–Kier alpha value is -1.28. The summed E-state index contributed by atoms with van der Waals surface area (Å²) in [7, 11) is 1.23. The summed E-state index contributed by atoms with van der Waals surface area (Å²) in [6.45, 7) is 4.53. The van der Waals surface area contributed by atoms with E-state index in [9.17, 15) is 19.4 Å². The van der Waals surface area contributed by atoms with Crippen LogP contribution in [0.15, 0.2) is 36.5 Å². The first-order valence-corrected chi connectivity index (χ1v) is 20.3. The van der Waals surface area contributed by atoms with Gasteiger partial charge < -0.3 is 28.8 Å². The van der Waals surface area contributed by atoms with Gasteiger partial charge in [0, 0.05) is 6.42 Å². The summed E-state index contributed by atoms with van der Waals surface area (Å²) in [4.78, 5) is 25.1. The van der Waals surface area contributed by atoms with E-state index in [0.717, 1.165) is 51.4 Å². The highest BCUT2D eigenvalue weighted by molar-refractivity contribution is 7.45. The molecule has 0 spiro atoms. The van der Waals surface area contributed by atoms with Crippen molar-refractivity contribution in [2.75, 3.05) is 40.9 Å². The van der Waals surface area contributed by atoms with Crippen LogP contribution in [0.1, 0.15) is 149 Å². The second kappa shape index (κ2) is 30.8. The molecule has 0 saturated heterocycles. The number of carbonyl (C=O) groups is 1. The van der Waals surface area contributed by atoms with E-state index < -0.39 is 26.6 Å². The summed E-state index contributed by atoms with van der Waals surface area (Å²) in [5.41, 5.74) is 0. The van der Waals surface area contributed by atoms with Crippen LogP contribution in [0, 0.1) is 0 Å². The molecule has 3 atom stereocenters. The Bertz CT molecular complexity index is 871. The van der Waals surface area contributed by atoms with E-state index >= 15 is 0 Å². The van der Waals surface area contributed by atoms with Crippen LogP contribution in [-0.2, 0) is 18.4 Å². The number of phosphoric acid groups is 1. The van der Waals surface area contributed by atoms with E-state index in [0.29, 0.717) is 17.4 Å². The Kier molecular flexibility index (Phi) is 29.9. The molecule has 276 valence electrons. The van der Waals surface area contributed by atoms with Crippen LogP contribution in [-0.4, -0.2) is 68.5 Å². The number of phosphoric ester groups is 1. The molecule has 8 nitrogen and oxygen atoms in total. The van der Waals surface area contributed by atoms with Crippen molar-refractivity contribution < 1.29 is 32.9 Å². The average molecular weight is 685 g/mol. The van der Waals surface area contributed by atoms with Gasteiger partial charge in [-0.3, -0.25) is 9.36 Å². The number of quaternary nitrogens is 1. The number of aliphatic hydroxyl groups is 1. The summed E-state index contributed by atoms with van der Waals surface area (Å²) in [6.07, 6.45) is 34.8. The molecule has 0 bridgehead atoms. The number of unbranched alkanes of at least 4 members (excludes halogenated alkanes) is 16. The number of nitrogens with zero attached hydrogens (tertiary/aromatic N) is 1. The lowest BCUT2D eigenvalue weighted by molar-refractivity contribution is -0.870. The molecular weight excluding hydrogens is 611 g/mol. The summed E-state index contributed by atoms with van der Waals surface area (Å²) in [6, 6.07) is -0.902. The van der Waals surface area contributed by atoms with Crippen LogP contribution in [0.3, 0.4) is 0 Å². The molecule has 0 heterocycles. The van der Waals surface area contributed by atoms with Crippen molar-refractivity contribution in [2.24, 2.45) is 0 Å². The Morgan fingerprint density at radius 1 is 0.723 bits per heavy atom. The zero-order valence-electron chi connectivity index (χ0n) is 31.0. The molecule has 0 aliphatic heterocycles. The molecule has 0 radical (unpaired) electrons. The number of amides is 1. The Morgan fingerprint density at radius 2 is 1.19 bits per heavy atom. The monoisotopic (exact) mass is 685 g/mol. The van der Waals surface area contributed by atoms with Crippen LogP contribution in [0.5, 0.6) is 0 Å². The number of likely N-dealkylation sites (N-methyl/N-ethyl adjacent to an activating group) is 1. The Labute approximate surface area is 289 Å². The smallest absolute Gasteiger partial charge is 0.268 e. The molecule has 0 saturated carbocycles. The molecule has 0 aromatic carbocycles. The van der Waals surface area contributed by atoms with Gasteiger partial charge in [-0.2, -0.15) is 0 Å². The van der Waals surface area contributed by atoms with Crippen molar-refractivity contribution in [2.45, 2.75) is 161 Å². The standard InChI is InChI=1S/C38H73N2O6P/c1-6-8-10-12-14-16-17-18-19-20-21-22-24-26-28-30-32-38(42)39-36(35-46-47(43,44)45-34-33-40(3,4)5)37(41)31-29-27-25-23-15-13-11-9-7-2/h15,19-20,23,29,31,36-37,41H,6-14,16-18,21-22,24-28,30,32-35H2,1-5H3,(H-,39,42,43,44)/b20-19-,23-15+,31-29+. The first-order chi connectivity index (χ1) is 22.5. The molecule has 0 aliphatic rings. The number of rotatable bonds is 33. The van der Waals surface area contributed by atoms with Crippen LogP contribution < -0.4 is 10.2 Å². The number of allylic oxidation sites excluding steroid dienone is 5. The SMILES string of the molecule is CCCCC/C=C/CC/C=C/C(O)C(COP(=O)([O-])OCC[N+](C)(C)C)NC(=O)CCCCCCC/C=C\CCCCCCCCC. The third-order valence-electron chi connectivity index (χ3n) is 8.07. The van der Waals surface area contributed by atoms with Crippen LogP contribution >= 0.6 is 7.82 Å². The van der Waals surface area contributed by atoms with E-state index in [1.54, 1.807) is 6.08 Å². The van der Waals surface area contributed by atoms with Crippen molar-refractivity contribution >= 4 is 13.7 Å². The van der Waals surface area contributed by atoms with Crippen LogP contribution in [0.2, 0.25) is 0 Å². The van der Waals surface area contributed by atoms with Crippen LogP contribution in [0.25, 0.3) is 0 Å². The number of carbonyl (C=O) groups excluding carboxylic acids is 1. The molecule has 0 aromatic heterocycles. The van der Waals surface area contributed by atoms with Gasteiger partial charge in [0.15, 0.2) is 0 Å². The number of aliphatic hydroxyl groups excluding tert-OH is 1. The van der Waals surface area contributed by atoms with E-state index in [1.807, 2.05) is 27.2 Å². The van der Waals surface area contributed by atoms with Gasteiger partial charge in [-0.25, -0.2) is 0 Å². The zero-order valence-corrected chi connectivity index (χ0v) is 31.9. The quantitative estimate of drug-likeness (QED) is 0.0309. The Morgan fingerprint density at radius 3 is 1.77 bits per heavy atom. The molecule has 9 heteroatoms. The molecule has 0 rings (SSSR count). The number of hydrogen-bond donors (Lipinski definition) is 2. The second-order valence-corrected chi connectivity index (χ2v) is 15.3. The minimum atomic E-state index is -4.58. The maximum atomic E-state index is 12.7. The maximum Gasteiger partial charge on any atom is 0.268 e. The molecule has 1 amide bonds. The van der Waals surface area contributed by atoms with E-state index in [1.165, 1.54) is 77.0 Å². The van der Waals surface area contributed by atoms with Gasteiger partial charge in [-0.05, 0) is 57.8 Å². The van der Waals surface area contributed by atoms with Crippen molar-refractivity contribution in [3.8, 4) is 0 Å². The largest absolute Gasteiger partial charge is 0.756 e. The lowest BCUT2D eigenvalue weighted by atomic mass is 10.1. The highest BCUT2D eigenvalue weighted by Gasteiger charge is 2.23. The average Bonchev–Trinajstić information content (AvgIpc) is 3.01. The second-order valence-electron chi connectivity index (χ2n) is 13.9. The van der Waals surface area contributed by atoms with Gasteiger partial charge in [0.05, 0.1) is 39.9 Å². The molecule has 3 unspecified atom stereocenters. The maximum absolute atomic E-state index is 12.7. The summed E-state index contributed by atoms with van der Waals surface area (Å²) in [5.74, 6) is -0.221. The lowest BCUT2D eigenvalue weighted by Gasteiger charge is -2.29. The highest BCUT2D eigenvalue weighted by Crippen LogP contribution is 2.38. The van der Waals surface area contributed by atoms with Gasteiger partial charge in [0.2, 0.25) is 5.91 Å². The zero-order chi connectivity index (χ0) is 35.1. The van der Waals surface area contributed by atoms with E-state index in [2.05, 4.69) is 43.5 Å². The molecule has 2 N–H and O–H groups in total. The summed E-state index contributed by atoms with van der Waals surface area (Å²) < 4.78 is 23.0. The third kappa shape index (κ3) is 33.0. The predicted octanol–water partition coefficient (Wildman–Crippen LogP) is 8.94. The van der Waals surface area contributed by atoms with Crippen LogP contribution in [0.4, 0.5) is 0 Å². The van der Waals surface area contributed by atoms with Crippen molar-refractivity contribution in [3.63, 3.8) is 0 Å². The van der Waals surface area contributed by atoms with Gasteiger partial charge in [0.1, 0.15) is 13.2 Å². The highest BCUT2D eigenvalue weighted by atomic mass is 31.2. The number of nitrogens with one attached hydrogen (secondary N) is 1. The Balaban J connectivity index is 4.51. The van der Waals surface area contributed by atoms with Gasteiger partial charge >= 0.3 is 0 Å². The summed E-state index contributed by atoms with van der Waals surface area (Å²) >= 11 is 0. The molecule has 0 aliphatic carbocycles. The first kappa shape index (κ1) is 45.7. The third-order valence-corrected chi connectivity index (χ3v) is 9.04. The number of hydrogen-bond acceptors (Lipinski definition) is 6. The molecule has 0 aromatic rings. The van der Waals surface area contributed by atoms with E-state index in [4.69, 9.17) is 9.05 Å². The minimum Gasteiger partial charge on any atom is -0.756 e. The fraction of sp³-hybridized carbons (Fsp3) is 0.816. The molecular formula is C38H73N2O6P. The lowest BCUT2D eigenvalue weighted by Crippen LogP contribution is -2.45. The topological polar surface area (TPSA) is 108 Å².